The van der Waals surface area contributed by atoms with Crippen molar-refractivity contribution < 1.29 is 4.39 Å². The lowest BCUT2D eigenvalue weighted by molar-refractivity contribution is 0.321. The first-order valence-electron chi connectivity index (χ1n) is 7.44. The molecule has 0 saturated carbocycles. The first-order valence-corrected chi connectivity index (χ1v) is 7.44. The van der Waals surface area contributed by atoms with Crippen LogP contribution in [-0.4, -0.2) is 36.1 Å². The van der Waals surface area contributed by atoms with Gasteiger partial charge in [-0.25, -0.2) is 4.39 Å². The molecule has 3 rings (SSSR count). The number of halogens is 1. The zero-order valence-electron chi connectivity index (χ0n) is 11.7. The number of aryl methyl sites for hydroxylation is 1. The van der Waals surface area contributed by atoms with Crippen molar-refractivity contribution >= 4 is 10.9 Å². The summed E-state index contributed by atoms with van der Waals surface area (Å²) in [6, 6.07) is 4.93. The van der Waals surface area contributed by atoms with Crippen LogP contribution in [0.25, 0.3) is 10.9 Å². The normalized spacial score (nSPS) is 20.0. The number of aromatic nitrogens is 1. The molecule has 3 N–H and O–H groups in total. The van der Waals surface area contributed by atoms with E-state index in [1.807, 2.05) is 6.20 Å². The van der Waals surface area contributed by atoms with Gasteiger partial charge >= 0.3 is 0 Å². The highest BCUT2D eigenvalue weighted by atomic mass is 19.1. The Balaban J connectivity index is 1.56. The Hall–Kier alpha value is -1.39. The minimum Gasteiger partial charge on any atom is -0.361 e. The average Bonchev–Trinajstić information content (AvgIpc) is 3.06. The van der Waals surface area contributed by atoms with E-state index in [4.69, 9.17) is 5.73 Å². The highest BCUT2D eigenvalue weighted by molar-refractivity contribution is 5.83. The number of nitrogens with zero attached hydrogens (tertiary/aromatic N) is 1. The van der Waals surface area contributed by atoms with Gasteiger partial charge in [0.2, 0.25) is 0 Å². The van der Waals surface area contributed by atoms with Crippen LogP contribution in [0.3, 0.4) is 0 Å². The fourth-order valence-electron chi connectivity index (χ4n) is 3.16. The zero-order chi connectivity index (χ0) is 13.9. The van der Waals surface area contributed by atoms with Gasteiger partial charge in [-0.3, -0.25) is 0 Å². The Morgan fingerprint density at radius 3 is 3.10 bits per heavy atom. The molecule has 1 fully saturated rings. The first-order chi connectivity index (χ1) is 9.76. The average molecular weight is 275 g/mol. The summed E-state index contributed by atoms with van der Waals surface area (Å²) >= 11 is 0. The van der Waals surface area contributed by atoms with E-state index in [-0.39, 0.29) is 5.82 Å². The van der Waals surface area contributed by atoms with Gasteiger partial charge in [0, 0.05) is 23.6 Å². The SMILES string of the molecule is NCC1CCN(CCCc2c[nH]c3ccc(F)cc23)C1. The Bertz CT molecular complexity index is 578. The van der Waals surface area contributed by atoms with Gasteiger partial charge in [0.1, 0.15) is 5.82 Å². The van der Waals surface area contributed by atoms with Crippen molar-refractivity contribution in [3.8, 4) is 0 Å². The van der Waals surface area contributed by atoms with E-state index in [0.29, 0.717) is 5.92 Å². The molecule has 20 heavy (non-hydrogen) atoms. The summed E-state index contributed by atoms with van der Waals surface area (Å²) < 4.78 is 13.3. The van der Waals surface area contributed by atoms with Crippen LogP contribution < -0.4 is 5.73 Å². The maximum absolute atomic E-state index is 13.3. The molecule has 3 nitrogen and oxygen atoms in total. The van der Waals surface area contributed by atoms with Crippen molar-refractivity contribution in [3.05, 3.63) is 35.8 Å². The van der Waals surface area contributed by atoms with E-state index in [1.165, 1.54) is 24.6 Å². The number of hydrogen-bond donors (Lipinski definition) is 2. The molecule has 2 aromatic rings. The summed E-state index contributed by atoms with van der Waals surface area (Å²) in [5.74, 6) is 0.515. The molecule has 0 aliphatic carbocycles. The Labute approximate surface area is 119 Å². The van der Waals surface area contributed by atoms with Crippen molar-refractivity contribution in [2.75, 3.05) is 26.2 Å². The lowest BCUT2D eigenvalue weighted by Crippen LogP contribution is -2.24. The van der Waals surface area contributed by atoms with Crippen LogP contribution in [0.5, 0.6) is 0 Å². The molecule has 1 aromatic heterocycles. The van der Waals surface area contributed by atoms with E-state index in [2.05, 4.69) is 9.88 Å². The van der Waals surface area contributed by atoms with E-state index in [9.17, 15) is 4.39 Å². The van der Waals surface area contributed by atoms with Gasteiger partial charge in [-0.05, 0) is 68.6 Å². The number of H-pyrrole nitrogens is 1. The van der Waals surface area contributed by atoms with Crippen LogP contribution >= 0.6 is 0 Å². The molecule has 0 spiro atoms. The van der Waals surface area contributed by atoms with E-state index in [0.717, 1.165) is 43.4 Å². The molecule has 4 heteroatoms. The van der Waals surface area contributed by atoms with Gasteiger partial charge in [-0.15, -0.1) is 0 Å². The number of hydrogen-bond acceptors (Lipinski definition) is 2. The summed E-state index contributed by atoms with van der Waals surface area (Å²) in [5, 5.41) is 1.02. The van der Waals surface area contributed by atoms with Gasteiger partial charge < -0.3 is 15.6 Å². The largest absolute Gasteiger partial charge is 0.361 e. The van der Waals surface area contributed by atoms with Crippen LogP contribution in [-0.2, 0) is 6.42 Å². The molecular weight excluding hydrogens is 253 g/mol. The van der Waals surface area contributed by atoms with Gasteiger partial charge in [0.25, 0.3) is 0 Å². The summed E-state index contributed by atoms with van der Waals surface area (Å²) in [6.07, 6.45) is 5.35. The summed E-state index contributed by atoms with van der Waals surface area (Å²) in [7, 11) is 0. The van der Waals surface area contributed by atoms with Gasteiger partial charge in [0.15, 0.2) is 0 Å². The second kappa shape index (κ2) is 5.94. The molecule has 2 heterocycles. The lowest BCUT2D eigenvalue weighted by atomic mass is 10.1. The quantitative estimate of drug-likeness (QED) is 0.880. The molecule has 0 bridgehead atoms. The number of aromatic amines is 1. The van der Waals surface area contributed by atoms with Crippen molar-refractivity contribution in [2.45, 2.75) is 19.3 Å². The Kier molecular flexibility index (Phi) is 4.03. The van der Waals surface area contributed by atoms with Crippen molar-refractivity contribution in [3.63, 3.8) is 0 Å². The summed E-state index contributed by atoms with van der Waals surface area (Å²) in [6.45, 7) is 4.22. The molecule has 0 amide bonds. The van der Waals surface area contributed by atoms with E-state index < -0.39 is 0 Å². The van der Waals surface area contributed by atoms with Crippen molar-refractivity contribution in [2.24, 2.45) is 11.7 Å². The Morgan fingerprint density at radius 2 is 2.30 bits per heavy atom. The van der Waals surface area contributed by atoms with Crippen molar-refractivity contribution in [1.29, 1.82) is 0 Å². The molecule has 0 radical (unpaired) electrons. The lowest BCUT2D eigenvalue weighted by Gasteiger charge is -2.15. The third kappa shape index (κ3) is 2.86. The van der Waals surface area contributed by atoms with Gasteiger partial charge in [0.05, 0.1) is 0 Å². The molecule has 1 unspecified atom stereocenters. The third-order valence-corrected chi connectivity index (χ3v) is 4.35. The van der Waals surface area contributed by atoms with E-state index in [1.54, 1.807) is 12.1 Å². The predicted octanol–water partition coefficient (Wildman–Crippen LogP) is 2.52. The highest BCUT2D eigenvalue weighted by Gasteiger charge is 2.20. The maximum atomic E-state index is 13.3. The van der Waals surface area contributed by atoms with E-state index >= 15 is 0 Å². The van der Waals surface area contributed by atoms with Gasteiger partial charge in [-0.2, -0.15) is 0 Å². The number of nitrogens with one attached hydrogen (secondary N) is 1. The second-order valence-corrected chi connectivity index (χ2v) is 5.80. The molecule has 1 aliphatic rings. The molecule has 108 valence electrons. The predicted molar refractivity (Wildman–Crippen MR) is 80.2 cm³/mol. The topological polar surface area (TPSA) is 45.0 Å². The number of nitrogens with two attached hydrogens (primary N) is 1. The minimum atomic E-state index is -0.163. The van der Waals surface area contributed by atoms with Crippen LogP contribution in [0.1, 0.15) is 18.4 Å². The smallest absolute Gasteiger partial charge is 0.123 e. The molecule has 1 aromatic carbocycles. The number of fused-ring (bicyclic) bond motifs is 1. The fourth-order valence-corrected chi connectivity index (χ4v) is 3.16. The summed E-state index contributed by atoms with van der Waals surface area (Å²) in [4.78, 5) is 5.71. The molecule has 1 aliphatic heterocycles. The van der Waals surface area contributed by atoms with Crippen molar-refractivity contribution in [1.82, 2.24) is 9.88 Å². The number of rotatable bonds is 5. The monoisotopic (exact) mass is 275 g/mol. The third-order valence-electron chi connectivity index (χ3n) is 4.35. The number of likely N-dealkylation sites (tertiary alicyclic amines) is 1. The second-order valence-electron chi connectivity index (χ2n) is 5.80. The Morgan fingerprint density at radius 1 is 1.40 bits per heavy atom. The fraction of sp³-hybridized carbons (Fsp3) is 0.500. The highest BCUT2D eigenvalue weighted by Crippen LogP contribution is 2.21. The molecule has 1 atom stereocenters. The minimum absolute atomic E-state index is 0.163. The van der Waals surface area contributed by atoms with Gasteiger partial charge in [-0.1, -0.05) is 0 Å². The van der Waals surface area contributed by atoms with Crippen LogP contribution in [0, 0.1) is 11.7 Å². The van der Waals surface area contributed by atoms with Crippen LogP contribution in [0.2, 0.25) is 0 Å². The van der Waals surface area contributed by atoms with Crippen LogP contribution in [0.4, 0.5) is 4.39 Å². The summed E-state index contributed by atoms with van der Waals surface area (Å²) in [5.41, 5.74) is 7.95. The first kappa shape index (κ1) is 13.6. The number of benzene rings is 1. The zero-order valence-corrected chi connectivity index (χ0v) is 11.7. The molecule has 1 saturated heterocycles. The maximum Gasteiger partial charge on any atom is 0.123 e. The van der Waals surface area contributed by atoms with Crippen LogP contribution in [0.15, 0.2) is 24.4 Å². The molecular formula is C16H22FN3. The standard InChI is InChI=1S/C16H22FN3/c17-14-3-4-16-15(8-14)13(10-19-16)2-1-6-20-7-5-12(9-18)11-20/h3-4,8,10,12,19H,1-2,5-7,9,11,18H2.